The predicted molar refractivity (Wildman–Crippen MR) is 6.44 cm³/mol. The van der Waals surface area contributed by atoms with Gasteiger partial charge in [0, 0.05) is 98.3 Å². The van der Waals surface area contributed by atoms with Crippen molar-refractivity contribution >= 4 is 48.9 Å². The Kier molecular flexibility index (Phi) is 62.9. The van der Waals surface area contributed by atoms with Crippen LogP contribution in [-0.4, -0.2) is 48.9 Å². The minimum atomic E-state index is 0. The van der Waals surface area contributed by atoms with Crippen LogP contribution < -0.4 is 0 Å². The van der Waals surface area contributed by atoms with E-state index in [2.05, 4.69) is 15.9 Å². The maximum absolute atomic E-state index is 7.81. The van der Waals surface area contributed by atoms with Crippen LogP contribution in [0.2, 0.25) is 0 Å². The fraction of sp³-hybridized carbons (Fsp3) is 0. The average molecular weight is 369 g/mol. The summed E-state index contributed by atoms with van der Waals surface area (Å²) >= 11 is 2.94. The van der Waals surface area contributed by atoms with E-state index < -0.39 is 0 Å². The van der Waals surface area contributed by atoms with Gasteiger partial charge in [-0.3, -0.25) is 0 Å². The molecule has 0 aliphatic carbocycles. The molecular weight excluding hydrogens is 369 g/mol. The molecule has 0 spiro atoms. The van der Waals surface area contributed by atoms with Gasteiger partial charge in [-0.05, 0) is 0 Å². The van der Waals surface area contributed by atoms with Gasteiger partial charge >= 0.3 is 19.8 Å². The van der Waals surface area contributed by atoms with Gasteiger partial charge in [-0.15, -0.1) is 0 Å². The molecule has 3 radical (unpaired) electrons. The maximum atomic E-state index is 7.81. The molecule has 0 rings (SSSR count). The number of hydrogen-bond donors (Lipinski definition) is 0. The third-order valence-corrected chi connectivity index (χ3v) is 0. The van der Waals surface area contributed by atoms with E-state index in [-0.39, 0.29) is 98.3 Å². The Morgan fingerprint density at radius 3 is 1.25 bits per heavy atom. The molecule has 26 valence electrons. The van der Waals surface area contributed by atoms with Crippen LogP contribution in [-0.2, 0) is 19.8 Å². The fourth-order valence-corrected chi connectivity index (χ4v) is 0. The molecule has 0 bridgehead atoms. The summed E-state index contributed by atoms with van der Waals surface area (Å²) in [7, 11) is 0. The molecule has 0 saturated carbocycles. The van der Waals surface area contributed by atoms with E-state index in [4.69, 9.17) is 3.83 Å². The van der Waals surface area contributed by atoms with Crippen molar-refractivity contribution in [3.8, 4) is 0 Å². The van der Waals surface area contributed by atoms with Gasteiger partial charge in [0.15, 0.2) is 0 Å². The molecule has 0 aromatic carbocycles. The Morgan fingerprint density at radius 1 is 1.25 bits per heavy atom. The molecule has 0 aliphatic rings. The van der Waals surface area contributed by atoms with Crippen LogP contribution >= 0.6 is 0 Å². The normalized spacial score (nSPS) is 1.50. The van der Waals surface area contributed by atoms with Crippen molar-refractivity contribution in [3.05, 3.63) is 0 Å². The summed E-state index contributed by atoms with van der Waals surface area (Å²) in [6.45, 7) is 0. The van der Waals surface area contributed by atoms with Crippen molar-refractivity contribution in [2.24, 2.45) is 0 Å². The van der Waals surface area contributed by atoms with Crippen molar-refractivity contribution in [3.63, 3.8) is 0 Å². The van der Waals surface area contributed by atoms with Crippen LogP contribution in [0, 0.1) is 49.4 Å². The summed E-state index contributed by atoms with van der Waals surface area (Å²) in [5.41, 5.74) is 0. The molecular formula is BaCuEuO. The van der Waals surface area contributed by atoms with Gasteiger partial charge in [0.1, 0.15) is 0 Å². The van der Waals surface area contributed by atoms with Crippen LogP contribution in [0.5, 0.6) is 0 Å². The molecule has 0 amide bonds. The Morgan fingerprint density at radius 2 is 1.25 bits per heavy atom. The van der Waals surface area contributed by atoms with Crippen molar-refractivity contribution < 1.29 is 69.2 Å². The summed E-state index contributed by atoms with van der Waals surface area (Å²) < 4.78 is 7.81. The van der Waals surface area contributed by atoms with Crippen molar-refractivity contribution in [2.75, 3.05) is 0 Å². The summed E-state index contributed by atoms with van der Waals surface area (Å²) in [4.78, 5) is 0. The molecule has 0 heterocycles. The van der Waals surface area contributed by atoms with Gasteiger partial charge < -0.3 is 0 Å². The molecule has 0 saturated heterocycles. The molecule has 0 unspecified atom stereocenters. The monoisotopic (exact) mass is 370 g/mol. The third kappa shape index (κ3) is 9.08. The average Bonchev–Trinajstić information content (AvgIpc) is 1.00. The van der Waals surface area contributed by atoms with E-state index in [9.17, 15) is 0 Å². The first-order valence-corrected chi connectivity index (χ1v) is 0.508. The Hall–Kier alpha value is 3.48. The molecule has 1 nitrogen and oxygen atoms in total. The zero-order valence-corrected chi connectivity index (χ0v) is 9.60. The van der Waals surface area contributed by atoms with Gasteiger partial charge in [0.05, 0.1) is 0 Å². The van der Waals surface area contributed by atoms with Crippen LogP contribution in [0.4, 0.5) is 0 Å². The van der Waals surface area contributed by atoms with Crippen LogP contribution in [0.1, 0.15) is 0 Å². The zero-order chi connectivity index (χ0) is 2.00. The van der Waals surface area contributed by atoms with Gasteiger partial charge in [0.25, 0.3) is 0 Å². The first kappa shape index (κ1) is 15.6. The third-order valence-electron chi connectivity index (χ3n) is 0. The first-order chi connectivity index (χ1) is 1.00. The molecule has 0 aliphatic heterocycles. The summed E-state index contributed by atoms with van der Waals surface area (Å²) in [6, 6.07) is 0. The van der Waals surface area contributed by atoms with Crippen molar-refractivity contribution in [1.29, 1.82) is 0 Å². The van der Waals surface area contributed by atoms with Crippen LogP contribution in [0.25, 0.3) is 0 Å². The summed E-state index contributed by atoms with van der Waals surface area (Å²) in [5.74, 6) is 0. The molecule has 0 atom stereocenters. The van der Waals surface area contributed by atoms with Crippen molar-refractivity contribution in [2.45, 2.75) is 0 Å². The predicted octanol–water partition coefficient (Wildman–Crippen LogP) is -0.502. The fourth-order valence-electron chi connectivity index (χ4n) is 0. The van der Waals surface area contributed by atoms with Crippen LogP contribution in [0.3, 0.4) is 0 Å². The number of rotatable bonds is 0. The quantitative estimate of drug-likeness (QED) is 0.527. The Balaban J connectivity index is -0.00000000500. The Labute approximate surface area is 114 Å². The van der Waals surface area contributed by atoms with Gasteiger partial charge in [0.2, 0.25) is 0 Å². The van der Waals surface area contributed by atoms with E-state index in [0.717, 1.165) is 0 Å². The molecule has 4 heavy (non-hydrogen) atoms. The van der Waals surface area contributed by atoms with Gasteiger partial charge in [-0.2, -0.15) is 0 Å². The first-order valence-electron chi connectivity index (χ1n) is 0.123. The second-order valence-electron chi connectivity index (χ2n) is 0. The van der Waals surface area contributed by atoms with E-state index in [0.29, 0.717) is 0 Å². The van der Waals surface area contributed by atoms with Gasteiger partial charge in [-0.25, -0.2) is 0 Å². The minimum absolute atomic E-state index is 0. The molecule has 0 N–H and O–H groups in total. The van der Waals surface area contributed by atoms with Crippen molar-refractivity contribution in [1.82, 2.24) is 0 Å². The van der Waals surface area contributed by atoms with Crippen LogP contribution in [0.15, 0.2) is 0 Å². The Bertz CT molecular complexity index is 8.00. The molecule has 0 aromatic heterocycles. The van der Waals surface area contributed by atoms with E-state index in [1.165, 1.54) is 0 Å². The number of hydrogen-bond acceptors (Lipinski definition) is 1. The SMILES string of the molecule is [Ba].[Eu].[O]=[Cu]. The van der Waals surface area contributed by atoms with Gasteiger partial charge in [-0.1, -0.05) is 0 Å². The zero-order valence-electron chi connectivity index (χ0n) is 1.79. The van der Waals surface area contributed by atoms with E-state index in [1.807, 2.05) is 0 Å². The second-order valence-corrected chi connectivity index (χ2v) is 0. The summed E-state index contributed by atoms with van der Waals surface area (Å²) in [5, 5.41) is 0. The summed E-state index contributed by atoms with van der Waals surface area (Å²) in [6.07, 6.45) is 0. The van der Waals surface area contributed by atoms with E-state index in [1.54, 1.807) is 0 Å². The standard InChI is InChI=1S/Ba.Cu.Eu.O. The molecule has 0 aromatic rings. The molecule has 0 fully saturated rings. The topological polar surface area (TPSA) is 17.1 Å². The van der Waals surface area contributed by atoms with E-state index >= 15 is 0 Å². The molecule has 4 heteroatoms. The second kappa shape index (κ2) is 16.1.